The van der Waals surface area contributed by atoms with Crippen LogP contribution in [-0.4, -0.2) is 48.6 Å². The van der Waals surface area contributed by atoms with Crippen molar-refractivity contribution in [2.45, 2.75) is 51.1 Å². The summed E-state index contributed by atoms with van der Waals surface area (Å²) in [7, 11) is 0. The minimum Gasteiger partial charge on any atom is -0.353 e. The first-order valence-electron chi connectivity index (χ1n) is 6.87. The summed E-state index contributed by atoms with van der Waals surface area (Å²) in [5.41, 5.74) is -0.332. The second-order valence-electron chi connectivity index (χ2n) is 5.74. The first kappa shape index (κ1) is 12.8. The number of piperazine rings is 1. The number of rotatable bonds is 4. The number of amides is 1. The largest absolute Gasteiger partial charge is 0.353 e. The molecule has 2 fully saturated rings. The van der Waals surface area contributed by atoms with Crippen molar-refractivity contribution in [3.05, 3.63) is 0 Å². The normalized spacial score (nSPS) is 29.3. The molecule has 2 heterocycles. The molecule has 2 aliphatic rings. The topological polar surface area (TPSA) is 44.4 Å². The van der Waals surface area contributed by atoms with Crippen molar-refractivity contribution < 1.29 is 4.79 Å². The van der Waals surface area contributed by atoms with Crippen molar-refractivity contribution in [3.8, 4) is 0 Å². The first-order valence-corrected chi connectivity index (χ1v) is 6.87. The summed E-state index contributed by atoms with van der Waals surface area (Å²) in [4.78, 5) is 14.1. The Hall–Kier alpha value is -0.610. The highest BCUT2D eigenvalue weighted by Gasteiger charge is 2.36. The van der Waals surface area contributed by atoms with Crippen LogP contribution in [0.4, 0.5) is 0 Å². The predicted octanol–water partition coefficient (Wildman–Crippen LogP) is 0.729. The van der Waals surface area contributed by atoms with Gasteiger partial charge in [0.25, 0.3) is 0 Å². The van der Waals surface area contributed by atoms with Crippen LogP contribution in [-0.2, 0) is 4.79 Å². The van der Waals surface area contributed by atoms with Crippen LogP contribution in [0.1, 0.15) is 39.5 Å². The van der Waals surface area contributed by atoms with Gasteiger partial charge in [-0.05, 0) is 52.6 Å². The quantitative estimate of drug-likeness (QED) is 0.760. The fourth-order valence-electron chi connectivity index (χ4n) is 2.87. The van der Waals surface area contributed by atoms with Crippen LogP contribution in [0.15, 0.2) is 0 Å². The average molecular weight is 239 g/mol. The molecule has 0 aliphatic carbocycles. The molecular weight excluding hydrogens is 214 g/mol. The van der Waals surface area contributed by atoms with Crippen LogP contribution in [0.2, 0.25) is 0 Å². The van der Waals surface area contributed by atoms with Gasteiger partial charge in [0.15, 0.2) is 0 Å². The molecule has 0 radical (unpaired) electrons. The summed E-state index contributed by atoms with van der Waals surface area (Å²) in [5.74, 6) is 0.169. The molecule has 0 spiro atoms. The first-order chi connectivity index (χ1) is 8.10. The van der Waals surface area contributed by atoms with Crippen molar-refractivity contribution in [1.29, 1.82) is 0 Å². The third-order valence-corrected chi connectivity index (χ3v) is 4.16. The molecule has 2 rings (SSSR count). The van der Waals surface area contributed by atoms with E-state index in [1.807, 2.05) is 13.8 Å². The van der Waals surface area contributed by atoms with Gasteiger partial charge in [0.1, 0.15) is 0 Å². The van der Waals surface area contributed by atoms with E-state index in [1.54, 1.807) is 0 Å². The monoisotopic (exact) mass is 239 g/mol. The van der Waals surface area contributed by atoms with Crippen LogP contribution >= 0.6 is 0 Å². The molecule has 1 unspecified atom stereocenters. The molecule has 0 aromatic heterocycles. The molecule has 1 atom stereocenters. The van der Waals surface area contributed by atoms with E-state index in [1.165, 1.54) is 32.2 Å². The fraction of sp³-hybridized carbons (Fsp3) is 0.923. The van der Waals surface area contributed by atoms with E-state index in [2.05, 4.69) is 15.5 Å². The smallest absolute Gasteiger partial charge is 0.239 e. The summed E-state index contributed by atoms with van der Waals surface area (Å²) >= 11 is 0. The standard InChI is InChI=1S/C13H25N3O/c1-13(2)12(17)15-8-10-16(13)9-4-6-11-5-3-7-14-11/h11,14H,3-10H2,1-2H3,(H,15,17). The molecule has 2 saturated heterocycles. The second kappa shape index (κ2) is 5.36. The lowest BCUT2D eigenvalue weighted by Gasteiger charge is -2.41. The maximum Gasteiger partial charge on any atom is 0.239 e. The number of carbonyl (C=O) groups is 1. The number of nitrogens with one attached hydrogen (secondary N) is 2. The lowest BCUT2D eigenvalue weighted by Crippen LogP contribution is -2.61. The molecule has 0 aromatic rings. The van der Waals surface area contributed by atoms with Gasteiger partial charge < -0.3 is 10.6 Å². The SMILES string of the molecule is CC1(C)C(=O)NCCN1CCCC1CCCN1. The molecule has 4 nitrogen and oxygen atoms in total. The van der Waals surface area contributed by atoms with Gasteiger partial charge in [-0.15, -0.1) is 0 Å². The number of nitrogens with zero attached hydrogens (tertiary/aromatic N) is 1. The molecule has 98 valence electrons. The van der Waals surface area contributed by atoms with E-state index in [-0.39, 0.29) is 11.4 Å². The van der Waals surface area contributed by atoms with Crippen molar-refractivity contribution in [1.82, 2.24) is 15.5 Å². The predicted molar refractivity (Wildman–Crippen MR) is 68.9 cm³/mol. The summed E-state index contributed by atoms with van der Waals surface area (Å²) in [5, 5.41) is 6.47. The lowest BCUT2D eigenvalue weighted by atomic mass is 9.98. The zero-order valence-electron chi connectivity index (χ0n) is 11.1. The second-order valence-corrected chi connectivity index (χ2v) is 5.74. The maximum absolute atomic E-state index is 11.8. The van der Waals surface area contributed by atoms with Gasteiger partial charge in [0, 0.05) is 19.1 Å². The molecule has 2 aliphatic heterocycles. The van der Waals surface area contributed by atoms with Gasteiger partial charge >= 0.3 is 0 Å². The Bertz CT molecular complexity index is 272. The third kappa shape index (κ3) is 2.99. The highest BCUT2D eigenvalue weighted by atomic mass is 16.2. The van der Waals surface area contributed by atoms with Gasteiger partial charge in [0.05, 0.1) is 5.54 Å². The van der Waals surface area contributed by atoms with Crippen LogP contribution in [0.25, 0.3) is 0 Å². The Morgan fingerprint density at radius 3 is 2.94 bits per heavy atom. The molecule has 17 heavy (non-hydrogen) atoms. The maximum atomic E-state index is 11.8. The van der Waals surface area contributed by atoms with Gasteiger partial charge in [-0.2, -0.15) is 0 Å². The van der Waals surface area contributed by atoms with Crippen LogP contribution in [0, 0.1) is 0 Å². The summed E-state index contributed by atoms with van der Waals surface area (Å²) < 4.78 is 0. The van der Waals surface area contributed by atoms with E-state index in [9.17, 15) is 4.79 Å². The lowest BCUT2D eigenvalue weighted by molar-refractivity contribution is -0.135. The van der Waals surface area contributed by atoms with Gasteiger partial charge in [-0.3, -0.25) is 9.69 Å². The van der Waals surface area contributed by atoms with Crippen molar-refractivity contribution >= 4 is 5.91 Å². The summed E-state index contributed by atoms with van der Waals surface area (Å²) in [6.07, 6.45) is 5.08. The molecule has 4 heteroatoms. The average Bonchev–Trinajstić information content (AvgIpc) is 2.77. The number of carbonyl (C=O) groups excluding carboxylic acids is 1. The minimum absolute atomic E-state index is 0.169. The Labute approximate surface area is 104 Å². The highest BCUT2D eigenvalue weighted by Crippen LogP contribution is 2.19. The van der Waals surface area contributed by atoms with E-state index in [0.29, 0.717) is 0 Å². The molecule has 0 bridgehead atoms. The van der Waals surface area contributed by atoms with Crippen LogP contribution in [0.3, 0.4) is 0 Å². The van der Waals surface area contributed by atoms with Gasteiger partial charge in [-0.1, -0.05) is 0 Å². The molecule has 0 aromatic carbocycles. The van der Waals surface area contributed by atoms with Gasteiger partial charge in [0.2, 0.25) is 5.91 Å². The molecule has 2 N–H and O–H groups in total. The third-order valence-electron chi connectivity index (χ3n) is 4.16. The zero-order valence-corrected chi connectivity index (χ0v) is 11.1. The van der Waals surface area contributed by atoms with Crippen LogP contribution in [0.5, 0.6) is 0 Å². The van der Waals surface area contributed by atoms with Crippen molar-refractivity contribution in [3.63, 3.8) is 0 Å². The van der Waals surface area contributed by atoms with Gasteiger partial charge in [-0.25, -0.2) is 0 Å². The zero-order chi connectivity index (χ0) is 12.3. The Morgan fingerprint density at radius 2 is 2.24 bits per heavy atom. The molecule has 0 saturated carbocycles. The van der Waals surface area contributed by atoms with Crippen molar-refractivity contribution in [2.24, 2.45) is 0 Å². The summed E-state index contributed by atoms with van der Waals surface area (Å²) in [6.45, 7) is 8.05. The van der Waals surface area contributed by atoms with E-state index < -0.39 is 0 Å². The van der Waals surface area contributed by atoms with Crippen molar-refractivity contribution in [2.75, 3.05) is 26.2 Å². The summed E-state index contributed by atoms with van der Waals surface area (Å²) in [6, 6.07) is 0.719. The minimum atomic E-state index is -0.332. The van der Waals surface area contributed by atoms with E-state index >= 15 is 0 Å². The highest BCUT2D eigenvalue weighted by molar-refractivity contribution is 5.86. The Balaban J connectivity index is 1.75. The number of hydrogen-bond donors (Lipinski definition) is 2. The van der Waals surface area contributed by atoms with Crippen LogP contribution < -0.4 is 10.6 Å². The molecular formula is C13H25N3O. The number of hydrogen-bond acceptors (Lipinski definition) is 3. The Morgan fingerprint density at radius 1 is 1.41 bits per heavy atom. The fourth-order valence-corrected chi connectivity index (χ4v) is 2.87. The van der Waals surface area contributed by atoms with E-state index in [4.69, 9.17) is 0 Å². The van der Waals surface area contributed by atoms with E-state index in [0.717, 1.165) is 25.7 Å². The molecule has 1 amide bonds. The Kier molecular flexibility index (Phi) is 4.05.